The number of nitrogens with one attached hydrogen (secondary N) is 1. The highest BCUT2D eigenvalue weighted by Crippen LogP contribution is 2.28. The van der Waals surface area contributed by atoms with Crippen molar-refractivity contribution in [3.63, 3.8) is 0 Å². The number of carboxylic acid groups (broad SMARTS) is 1. The molecule has 0 saturated carbocycles. The summed E-state index contributed by atoms with van der Waals surface area (Å²) in [5, 5.41) is 11.6. The zero-order valence-electron chi connectivity index (χ0n) is 13.8. The first-order valence-corrected chi connectivity index (χ1v) is 8.12. The van der Waals surface area contributed by atoms with Crippen molar-refractivity contribution in [2.75, 3.05) is 11.4 Å². The van der Waals surface area contributed by atoms with Crippen LogP contribution in [0.15, 0.2) is 18.2 Å². The smallest absolute Gasteiger partial charge is 0.326 e. The van der Waals surface area contributed by atoms with Crippen LogP contribution in [-0.4, -0.2) is 35.5 Å². The summed E-state index contributed by atoms with van der Waals surface area (Å²) in [5.74, 6) is -4.58. The molecule has 1 fully saturated rings. The highest BCUT2D eigenvalue weighted by Gasteiger charge is 2.37. The molecule has 1 aliphatic rings. The van der Waals surface area contributed by atoms with Gasteiger partial charge in [0.2, 0.25) is 11.8 Å². The second-order valence-corrected chi connectivity index (χ2v) is 6.04. The number of carbonyl (C=O) groups is 3. The van der Waals surface area contributed by atoms with Crippen LogP contribution < -0.4 is 10.2 Å². The number of halogens is 2. The van der Waals surface area contributed by atoms with Crippen molar-refractivity contribution in [1.82, 2.24) is 5.32 Å². The fourth-order valence-corrected chi connectivity index (χ4v) is 2.77. The van der Waals surface area contributed by atoms with Crippen LogP contribution >= 0.6 is 0 Å². The molecule has 8 heteroatoms. The second-order valence-electron chi connectivity index (χ2n) is 6.04. The Hall–Kier alpha value is -2.51. The third-order valence-corrected chi connectivity index (χ3v) is 4.16. The van der Waals surface area contributed by atoms with Crippen LogP contribution in [0.1, 0.15) is 32.6 Å². The van der Waals surface area contributed by atoms with Gasteiger partial charge in [0.15, 0.2) is 0 Å². The normalized spacial score (nSPS) is 18.3. The number of hydrogen-bond donors (Lipinski definition) is 2. The Morgan fingerprint density at radius 2 is 2.12 bits per heavy atom. The molecule has 6 nitrogen and oxygen atoms in total. The Morgan fingerprint density at radius 1 is 1.40 bits per heavy atom. The number of anilines is 1. The highest BCUT2D eigenvalue weighted by molar-refractivity contribution is 6.00. The molecule has 1 heterocycles. The minimum absolute atomic E-state index is 0.0761. The molecule has 2 amide bonds. The van der Waals surface area contributed by atoms with Gasteiger partial charge < -0.3 is 15.3 Å². The maximum Gasteiger partial charge on any atom is 0.326 e. The third kappa shape index (κ3) is 4.52. The van der Waals surface area contributed by atoms with Crippen LogP contribution in [-0.2, 0) is 14.4 Å². The SMILES string of the molecule is CCCCC(NC(=O)C1CC(=O)N(c2ccc(F)cc2F)C1)C(=O)O. The monoisotopic (exact) mass is 354 g/mol. The first-order valence-electron chi connectivity index (χ1n) is 8.12. The van der Waals surface area contributed by atoms with Crippen LogP contribution in [0.25, 0.3) is 0 Å². The second kappa shape index (κ2) is 8.04. The van der Waals surface area contributed by atoms with E-state index in [2.05, 4.69) is 5.32 Å². The predicted molar refractivity (Wildman–Crippen MR) is 85.9 cm³/mol. The molecule has 136 valence electrons. The molecule has 0 spiro atoms. The van der Waals surface area contributed by atoms with Crippen LogP contribution in [0.4, 0.5) is 14.5 Å². The lowest BCUT2D eigenvalue weighted by Crippen LogP contribution is -2.44. The van der Waals surface area contributed by atoms with Crippen molar-refractivity contribution in [1.29, 1.82) is 0 Å². The average molecular weight is 354 g/mol. The van der Waals surface area contributed by atoms with E-state index in [1.54, 1.807) is 0 Å². The first kappa shape index (κ1) is 18.8. The van der Waals surface area contributed by atoms with E-state index in [0.717, 1.165) is 23.5 Å². The van der Waals surface area contributed by atoms with Gasteiger partial charge in [0.05, 0.1) is 11.6 Å². The zero-order valence-corrected chi connectivity index (χ0v) is 13.8. The molecule has 2 unspecified atom stereocenters. The Kier molecular flexibility index (Phi) is 6.06. The number of carboxylic acids is 1. The number of hydrogen-bond acceptors (Lipinski definition) is 3. The molecule has 1 aromatic carbocycles. The highest BCUT2D eigenvalue weighted by atomic mass is 19.1. The summed E-state index contributed by atoms with van der Waals surface area (Å²) in [4.78, 5) is 36.7. The van der Waals surface area contributed by atoms with E-state index in [1.807, 2.05) is 6.92 Å². The van der Waals surface area contributed by atoms with Crippen molar-refractivity contribution in [2.24, 2.45) is 5.92 Å². The number of unbranched alkanes of at least 4 members (excludes halogenated alkanes) is 1. The van der Waals surface area contributed by atoms with Crippen molar-refractivity contribution in [3.8, 4) is 0 Å². The van der Waals surface area contributed by atoms with Crippen LogP contribution in [0.3, 0.4) is 0 Å². The van der Waals surface area contributed by atoms with Crippen molar-refractivity contribution in [2.45, 2.75) is 38.6 Å². The quantitative estimate of drug-likeness (QED) is 0.785. The van der Waals surface area contributed by atoms with E-state index in [-0.39, 0.29) is 18.7 Å². The molecule has 0 aromatic heterocycles. The fourth-order valence-electron chi connectivity index (χ4n) is 2.77. The van der Waals surface area contributed by atoms with Crippen molar-refractivity contribution in [3.05, 3.63) is 29.8 Å². The van der Waals surface area contributed by atoms with E-state index in [4.69, 9.17) is 5.11 Å². The molecule has 2 rings (SSSR count). The molecule has 0 radical (unpaired) electrons. The number of carbonyl (C=O) groups excluding carboxylic acids is 2. The van der Waals surface area contributed by atoms with Crippen molar-refractivity contribution >= 4 is 23.5 Å². The largest absolute Gasteiger partial charge is 0.480 e. The molecule has 2 atom stereocenters. The summed E-state index contributed by atoms with van der Waals surface area (Å²) in [5.41, 5.74) is -0.0949. The lowest BCUT2D eigenvalue weighted by atomic mass is 10.1. The van der Waals surface area contributed by atoms with Crippen molar-refractivity contribution < 1.29 is 28.3 Å². The van der Waals surface area contributed by atoms with Crippen LogP contribution in [0.2, 0.25) is 0 Å². The minimum Gasteiger partial charge on any atom is -0.480 e. The number of aliphatic carboxylic acids is 1. The minimum atomic E-state index is -1.13. The summed E-state index contributed by atoms with van der Waals surface area (Å²) in [6, 6.07) is 1.83. The lowest BCUT2D eigenvalue weighted by molar-refractivity contribution is -0.142. The Labute approximate surface area is 143 Å². The lowest BCUT2D eigenvalue weighted by Gasteiger charge is -2.19. The molecule has 1 aliphatic heterocycles. The van der Waals surface area contributed by atoms with Gasteiger partial charge in [0, 0.05) is 19.0 Å². The van der Waals surface area contributed by atoms with Gasteiger partial charge in [0.1, 0.15) is 17.7 Å². The van der Waals surface area contributed by atoms with E-state index in [9.17, 15) is 23.2 Å². The molecule has 1 saturated heterocycles. The number of amides is 2. The topological polar surface area (TPSA) is 86.7 Å². The molecular formula is C17H20F2N2O4. The number of rotatable bonds is 7. The summed E-state index contributed by atoms with van der Waals surface area (Å²) in [7, 11) is 0. The van der Waals surface area contributed by atoms with Crippen LogP contribution in [0.5, 0.6) is 0 Å². The van der Waals surface area contributed by atoms with Gasteiger partial charge in [-0.3, -0.25) is 9.59 Å². The molecule has 1 aromatic rings. The Morgan fingerprint density at radius 3 is 2.72 bits per heavy atom. The van der Waals surface area contributed by atoms with Gasteiger partial charge in [-0.2, -0.15) is 0 Å². The van der Waals surface area contributed by atoms with Crippen LogP contribution in [0, 0.1) is 17.6 Å². The van der Waals surface area contributed by atoms with E-state index in [0.29, 0.717) is 18.9 Å². The maximum absolute atomic E-state index is 13.8. The van der Waals surface area contributed by atoms with Gasteiger partial charge in [-0.25, -0.2) is 13.6 Å². The van der Waals surface area contributed by atoms with E-state index >= 15 is 0 Å². The molecular weight excluding hydrogens is 334 g/mol. The summed E-state index contributed by atoms with van der Waals surface area (Å²) < 4.78 is 26.8. The van der Waals surface area contributed by atoms with Gasteiger partial charge in [-0.15, -0.1) is 0 Å². The zero-order chi connectivity index (χ0) is 18.6. The Bertz CT molecular complexity index is 681. The average Bonchev–Trinajstić information content (AvgIpc) is 2.93. The number of nitrogens with zero attached hydrogens (tertiary/aromatic N) is 1. The first-order chi connectivity index (χ1) is 11.8. The molecule has 0 bridgehead atoms. The standard InChI is InChI=1S/C17H20F2N2O4/c1-2-3-4-13(17(24)25)20-16(23)10-7-15(22)21(9-10)14-6-5-11(18)8-12(14)19/h5-6,8,10,13H,2-4,7,9H2,1H3,(H,20,23)(H,24,25). The van der Waals surface area contributed by atoms with Gasteiger partial charge >= 0.3 is 5.97 Å². The van der Waals surface area contributed by atoms with E-state index in [1.165, 1.54) is 0 Å². The third-order valence-electron chi connectivity index (χ3n) is 4.16. The molecule has 25 heavy (non-hydrogen) atoms. The summed E-state index contributed by atoms with van der Waals surface area (Å²) in [6.45, 7) is 1.83. The summed E-state index contributed by atoms with van der Waals surface area (Å²) >= 11 is 0. The van der Waals surface area contributed by atoms with E-state index < -0.39 is 41.4 Å². The summed E-state index contributed by atoms with van der Waals surface area (Å²) in [6.07, 6.45) is 1.59. The fraction of sp³-hybridized carbons (Fsp3) is 0.471. The van der Waals surface area contributed by atoms with Gasteiger partial charge in [-0.1, -0.05) is 19.8 Å². The molecule has 0 aliphatic carbocycles. The Balaban J connectivity index is 2.05. The number of benzene rings is 1. The van der Waals surface area contributed by atoms with Gasteiger partial charge in [-0.05, 0) is 18.6 Å². The van der Waals surface area contributed by atoms with Gasteiger partial charge in [0.25, 0.3) is 0 Å². The molecule has 2 N–H and O–H groups in total. The predicted octanol–water partition coefficient (Wildman–Crippen LogP) is 2.08. The maximum atomic E-state index is 13.8.